The highest BCUT2D eigenvalue weighted by molar-refractivity contribution is 9.10. The number of anilines is 1. The number of nitriles is 1. The van der Waals surface area contributed by atoms with E-state index in [0.717, 1.165) is 16.6 Å². The fourth-order valence-electron chi connectivity index (χ4n) is 1.42. The zero-order valence-electron chi connectivity index (χ0n) is 10.2. The van der Waals surface area contributed by atoms with Crippen molar-refractivity contribution in [3.8, 4) is 6.07 Å². The predicted octanol–water partition coefficient (Wildman–Crippen LogP) is 3.95. The zero-order valence-corrected chi connectivity index (χ0v) is 11.8. The average molecular weight is 281 g/mol. The van der Waals surface area contributed by atoms with E-state index in [1.54, 1.807) is 0 Å². The van der Waals surface area contributed by atoms with Crippen molar-refractivity contribution in [2.24, 2.45) is 0 Å². The van der Waals surface area contributed by atoms with E-state index < -0.39 is 0 Å². The van der Waals surface area contributed by atoms with Gasteiger partial charge in [0.2, 0.25) is 0 Å². The van der Waals surface area contributed by atoms with Gasteiger partial charge in [0, 0.05) is 22.7 Å². The van der Waals surface area contributed by atoms with Gasteiger partial charge in [0.25, 0.3) is 0 Å². The van der Waals surface area contributed by atoms with Crippen molar-refractivity contribution >= 4 is 21.6 Å². The highest BCUT2D eigenvalue weighted by atomic mass is 79.9. The van der Waals surface area contributed by atoms with Crippen LogP contribution in [0.1, 0.15) is 32.8 Å². The van der Waals surface area contributed by atoms with Crippen molar-refractivity contribution in [1.82, 2.24) is 0 Å². The van der Waals surface area contributed by atoms with Crippen molar-refractivity contribution in [3.63, 3.8) is 0 Å². The van der Waals surface area contributed by atoms with Crippen molar-refractivity contribution < 1.29 is 0 Å². The van der Waals surface area contributed by atoms with Gasteiger partial charge in [-0.05, 0) is 38.5 Å². The first-order valence-corrected chi connectivity index (χ1v) is 6.14. The Morgan fingerprint density at radius 3 is 2.50 bits per heavy atom. The molecule has 0 unspecified atom stereocenters. The van der Waals surface area contributed by atoms with Crippen molar-refractivity contribution in [2.75, 3.05) is 11.9 Å². The maximum Gasteiger partial charge on any atom is 0.0992 e. The summed E-state index contributed by atoms with van der Waals surface area (Å²) in [4.78, 5) is 2.21. The second-order valence-corrected chi connectivity index (χ2v) is 5.45. The molecule has 0 aromatic heterocycles. The maximum absolute atomic E-state index is 8.94. The molecule has 0 aliphatic rings. The number of nitrogens with zero attached hydrogens (tertiary/aromatic N) is 2. The Balaban J connectivity index is 3.14. The molecule has 2 nitrogen and oxygen atoms in total. The third-order valence-electron chi connectivity index (χ3n) is 3.17. The van der Waals surface area contributed by atoms with E-state index in [0.29, 0.717) is 5.56 Å². The van der Waals surface area contributed by atoms with E-state index in [1.165, 1.54) is 0 Å². The standard InChI is InChI=1S/C13H17BrN2/c1-5-13(2,3)16(4)12-7-10(9-15)6-11(14)8-12/h6-8H,5H2,1-4H3. The van der Waals surface area contributed by atoms with Gasteiger partial charge in [0.1, 0.15) is 0 Å². The van der Waals surface area contributed by atoms with Crippen LogP contribution in [-0.2, 0) is 0 Å². The smallest absolute Gasteiger partial charge is 0.0992 e. The summed E-state index contributed by atoms with van der Waals surface area (Å²) < 4.78 is 0.945. The van der Waals surface area contributed by atoms with Crippen molar-refractivity contribution in [3.05, 3.63) is 28.2 Å². The summed E-state index contributed by atoms with van der Waals surface area (Å²) in [7, 11) is 2.06. The summed E-state index contributed by atoms with van der Waals surface area (Å²) in [5, 5.41) is 8.94. The van der Waals surface area contributed by atoms with Gasteiger partial charge < -0.3 is 4.90 Å². The van der Waals surface area contributed by atoms with E-state index >= 15 is 0 Å². The van der Waals surface area contributed by atoms with Crippen LogP contribution in [0, 0.1) is 11.3 Å². The molecule has 0 radical (unpaired) electrons. The van der Waals surface area contributed by atoms with Crippen LogP contribution >= 0.6 is 15.9 Å². The normalized spacial score (nSPS) is 11.0. The van der Waals surface area contributed by atoms with Gasteiger partial charge >= 0.3 is 0 Å². The lowest BCUT2D eigenvalue weighted by molar-refractivity contribution is 0.471. The minimum atomic E-state index is 0.0908. The molecule has 0 bridgehead atoms. The van der Waals surface area contributed by atoms with Gasteiger partial charge in [0.05, 0.1) is 11.6 Å². The lowest BCUT2D eigenvalue weighted by Crippen LogP contribution is -2.40. The minimum Gasteiger partial charge on any atom is -0.369 e. The first-order chi connectivity index (χ1) is 7.40. The van der Waals surface area contributed by atoms with Crippen molar-refractivity contribution in [2.45, 2.75) is 32.7 Å². The summed E-state index contributed by atoms with van der Waals surface area (Å²) in [6, 6.07) is 7.96. The number of rotatable bonds is 3. The topological polar surface area (TPSA) is 27.0 Å². The quantitative estimate of drug-likeness (QED) is 0.839. The van der Waals surface area contributed by atoms with Crippen LogP contribution in [0.5, 0.6) is 0 Å². The van der Waals surface area contributed by atoms with Crippen LogP contribution in [0.15, 0.2) is 22.7 Å². The molecule has 0 aliphatic carbocycles. The largest absolute Gasteiger partial charge is 0.369 e. The first-order valence-electron chi connectivity index (χ1n) is 5.35. The van der Waals surface area contributed by atoms with E-state index in [2.05, 4.69) is 54.7 Å². The Morgan fingerprint density at radius 2 is 2.00 bits per heavy atom. The summed E-state index contributed by atoms with van der Waals surface area (Å²) in [6.07, 6.45) is 1.05. The molecule has 0 atom stereocenters. The number of benzene rings is 1. The molecule has 16 heavy (non-hydrogen) atoms. The molecule has 0 spiro atoms. The molecule has 0 fully saturated rings. The molecule has 0 amide bonds. The zero-order chi connectivity index (χ0) is 12.3. The van der Waals surface area contributed by atoms with Crippen LogP contribution in [-0.4, -0.2) is 12.6 Å². The third kappa shape index (κ3) is 2.76. The van der Waals surface area contributed by atoms with E-state index in [-0.39, 0.29) is 5.54 Å². The Kier molecular flexibility index (Phi) is 3.98. The Bertz CT molecular complexity index is 418. The lowest BCUT2D eigenvalue weighted by atomic mass is 9.99. The van der Waals surface area contributed by atoms with Gasteiger partial charge in [-0.2, -0.15) is 5.26 Å². The van der Waals surface area contributed by atoms with Gasteiger partial charge in [-0.25, -0.2) is 0 Å². The molecule has 0 aliphatic heterocycles. The fraction of sp³-hybridized carbons (Fsp3) is 0.462. The summed E-state index contributed by atoms with van der Waals surface area (Å²) in [5.41, 5.74) is 1.84. The molecule has 3 heteroatoms. The molecule has 1 aromatic rings. The second-order valence-electron chi connectivity index (χ2n) is 4.53. The monoisotopic (exact) mass is 280 g/mol. The fourth-order valence-corrected chi connectivity index (χ4v) is 1.90. The number of halogens is 1. The van der Waals surface area contributed by atoms with Gasteiger partial charge in [0.15, 0.2) is 0 Å². The average Bonchev–Trinajstić information content (AvgIpc) is 2.27. The summed E-state index contributed by atoms with van der Waals surface area (Å²) in [6.45, 7) is 6.56. The van der Waals surface area contributed by atoms with E-state index in [1.807, 2.05) is 18.2 Å². The Hall–Kier alpha value is -1.01. The molecule has 0 saturated carbocycles. The molecule has 0 heterocycles. The minimum absolute atomic E-state index is 0.0908. The third-order valence-corrected chi connectivity index (χ3v) is 3.63. The molecule has 1 aromatic carbocycles. The number of hydrogen-bond acceptors (Lipinski definition) is 2. The highest BCUT2D eigenvalue weighted by Crippen LogP contribution is 2.28. The van der Waals surface area contributed by atoms with Crippen LogP contribution < -0.4 is 4.90 Å². The van der Waals surface area contributed by atoms with E-state index in [4.69, 9.17) is 5.26 Å². The molecule has 86 valence electrons. The molecule has 1 rings (SSSR count). The number of hydrogen-bond donors (Lipinski definition) is 0. The summed E-state index contributed by atoms with van der Waals surface area (Å²) >= 11 is 3.43. The lowest BCUT2D eigenvalue weighted by Gasteiger charge is -2.37. The molecular formula is C13H17BrN2. The Labute approximate surface area is 106 Å². The summed E-state index contributed by atoms with van der Waals surface area (Å²) in [5.74, 6) is 0. The van der Waals surface area contributed by atoms with Crippen LogP contribution in [0.4, 0.5) is 5.69 Å². The van der Waals surface area contributed by atoms with E-state index in [9.17, 15) is 0 Å². The molecular weight excluding hydrogens is 264 g/mol. The van der Waals surface area contributed by atoms with Gasteiger partial charge in [-0.15, -0.1) is 0 Å². The molecule has 0 saturated heterocycles. The maximum atomic E-state index is 8.94. The first kappa shape index (κ1) is 13.1. The highest BCUT2D eigenvalue weighted by Gasteiger charge is 2.21. The van der Waals surface area contributed by atoms with Crippen LogP contribution in [0.25, 0.3) is 0 Å². The van der Waals surface area contributed by atoms with Crippen LogP contribution in [0.2, 0.25) is 0 Å². The second kappa shape index (κ2) is 4.88. The van der Waals surface area contributed by atoms with Crippen LogP contribution in [0.3, 0.4) is 0 Å². The molecule has 0 N–H and O–H groups in total. The van der Waals surface area contributed by atoms with Gasteiger partial charge in [-0.3, -0.25) is 0 Å². The van der Waals surface area contributed by atoms with Gasteiger partial charge in [-0.1, -0.05) is 22.9 Å². The van der Waals surface area contributed by atoms with Crippen molar-refractivity contribution in [1.29, 1.82) is 5.26 Å². The SMILES string of the molecule is CCC(C)(C)N(C)c1cc(Br)cc(C#N)c1. The predicted molar refractivity (Wildman–Crippen MR) is 71.6 cm³/mol. The Morgan fingerprint density at radius 1 is 1.38 bits per heavy atom.